The molecule has 0 aromatic heterocycles. The first-order valence-corrected chi connectivity index (χ1v) is 4.27. The van der Waals surface area contributed by atoms with Crippen molar-refractivity contribution in [2.24, 2.45) is 0 Å². The van der Waals surface area contributed by atoms with Gasteiger partial charge in [0, 0.05) is 18.1 Å². The molecular formula is C8H16N2. The van der Waals surface area contributed by atoms with Crippen LogP contribution in [0.1, 0.15) is 25.7 Å². The Hall–Kier alpha value is -0.0800. The van der Waals surface area contributed by atoms with Crippen molar-refractivity contribution in [3.05, 3.63) is 0 Å². The van der Waals surface area contributed by atoms with Gasteiger partial charge in [-0.25, -0.2) is 0 Å². The van der Waals surface area contributed by atoms with Crippen LogP contribution in [0.4, 0.5) is 0 Å². The van der Waals surface area contributed by atoms with Gasteiger partial charge in [0.2, 0.25) is 0 Å². The van der Waals surface area contributed by atoms with Crippen molar-refractivity contribution in [2.45, 2.75) is 37.3 Å². The van der Waals surface area contributed by atoms with Gasteiger partial charge in [-0.3, -0.25) is 0 Å². The Morgan fingerprint density at radius 1 is 1.50 bits per heavy atom. The number of likely N-dealkylation sites (N-methyl/N-ethyl adjacent to an activating group) is 1. The molecule has 2 nitrogen and oxygen atoms in total. The molecule has 10 heavy (non-hydrogen) atoms. The van der Waals surface area contributed by atoms with Gasteiger partial charge in [0.25, 0.3) is 0 Å². The van der Waals surface area contributed by atoms with Crippen LogP contribution in [0.5, 0.6) is 0 Å². The molecule has 1 aliphatic carbocycles. The molecule has 1 saturated heterocycles. The monoisotopic (exact) mass is 140 g/mol. The van der Waals surface area contributed by atoms with Crippen LogP contribution in [0, 0.1) is 0 Å². The van der Waals surface area contributed by atoms with Gasteiger partial charge in [-0.2, -0.15) is 0 Å². The standard InChI is InChI=1S/C8H16N2/c1-9-7-5-8(10-6-7)3-2-4-8/h7,9-10H,2-6H2,1H3. The summed E-state index contributed by atoms with van der Waals surface area (Å²) < 4.78 is 0. The zero-order chi connectivity index (χ0) is 7.03. The summed E-state index contributed by atoms with van der Waals surface area (Å²) >= 11 is 0. The first kappa shape index (κ1) is 6.62. The Kier molecular flexibility index (Phi) is 1.46. The quantitative estimate of drug-likeness (QED) is 0.554. The second kappa shape index (κ2) is 2.21. The molecule has 2 N–H and O–H groups in total. The lowest BCUT2D eigenvalue weighted by Crippen LogP contribution is -2.45. The van der Waals surface area contributed by atoms with Gasteiger partial charge in [0.15, 0.2) is 0 Å². The van der Waals surface area contributed by atoms with Crippen molar-refractivity contribution in [3.63, 3.8) is 0 Å². The summed E-state index contributed by atoms with van der Waals surface area (Å²) in [4.78, 5) is 0. The SMILES string of the molecule is CNC1CNC2(CCC2)C1. The average Bonchev–Trinajstić information content (AvgIpc) is 2.29. The van der Waals surface area contributed by atoms with E-state index in [1.54, 1.807) is 0 Å². The maximum absolute atomic E-state index is 3.61. The summed E-state index contributed by atoms with van der Waals surface area (Å²) in [5.74, 6) is 0. The Bertz CT molecular complexity index is 129. The van der Waals surface area contributed by atoms with Crippen LogP contribution < -0.4 is 10.6 Å². The van der Waals surface area contributed by atoms with Gasteiger partial charge in [-0.1, -0.05) is 0 Å². The predicted octanol–water partition coefficient (Wildman–Crippen LogP) is 0.490. The molecule has 58 valence electrons. The molecule has 0 aromatic carbocycles. The normalized spacial score (nSPS) is 36.3. The molecule has 1 spiro atoms. The Labute approximate surface area is 62.4 Å². The molecule has 1 atom stereocenters. The van der Waals surface area contributed by atoms with Gasteiger partial charge in [0.05, 0.1) is 0 Å². The first-order valence-electron chi connectivity index (χ1n) is 4.27. The van der Waals surface area contributed by atoms with E-state index in [0.29, 0.717) is 5.54 Å². The number of nitrogens with one attached hydrogen (secondary N) is 2. The smallest absolute Gasteiger partial charge is 0.0207 e. The minimum atomic E-state index is 0.577. The molecule has 2 rings (SSSR count). The average molecular weight is 140 g/mol. The minimum absolute atomic E-state index is 0.577. The third kappa shape index (κ3) is 0.867. The van der Waals surface area contributed by atoms with E-state index >= 15 is 0 Å². The Morgan fingerprint density at radius 2 is 2.30 bits per heavy atom. The highest BCUT2D eigenvalue weighted by Crippen LogP contribution is 2.38. The summed E-state index contributed by atoms with van der Waals surface area (Å²) in [7, 11) is 2.06. The number of hydrogen-bond acceptors (Lipinski definition) is 2. The molecule has 2 aliphatic rings. The fourth-order valence-corrected chi connectivity index (χ4v) is 2.14. The minimum Gasteiger partial charge on any atom is -0.316 e. The van der Waals surface area contributed by atoms with Crippen molar-refractivity contribution in [1.29, 1.82) is 0 Å². The van der Waals surface area contributed by atoms with Crippen molar-refractivity contribution >= 4 is 0 Å². The third-order valence-corrected chi connectivity index (χ3v) is 3.08. The van der Waals surface area contributed by atoms with Gasteiger partial charge < -0.3 is 10.6 Å². The first-order chi connectivity index (χ1) is 4.85. The third-order valence-electron chi connectivity index (χ3n) is 3.08. The zero-order valence-corrected chi connectivity index (χ0v) is 6.61. The summed E-state index contributed by atoms with van der Waals surface area (Å²) in [6.07, 6.45) is 5.60. The summed E-state index contributed by atoms with van der Waals surface area (Å²) in [6, 6.07) is 0.736. The molecule has 1 saturated carbocycles. The maximum atomic E-state index is 3.61. The highest BCUT2D eigenvalue weighted by Gasteiger charge is 2.42. The molecule has 2 fully saturated rings. The summed E-state index contributed by atoms with van der Waals surface area (Å²) in [5, 5.41) is 6.93. The van der Waals surface area contributed by atoms with E-state index < -0.39 is 0 Å². The molecule has 1 heterocycles. The molecule has 0 amide bonds. The lowest BCUT2D eigenvalue weighted by atomic mass is 9.75. The maximum Gasteiger partial charge on any atom is 0.0207 e. The van der Waals surface area contributed by atoms with E-state index in [2.05, 4.69) is 17.7 Å². The van der Waals surface area contributed by atoms with Crippen molar-refractivity contribution in [1.82, 2.24) is 10.6 Å². The van der Waals surface area contributed by atoms with Crippen LogP contribution in [-0.2, 0) is 0 Å². The number of hydrogen-bond donors (Lipinski definition) is 2. The highest BCUT2D eigenvalue weighted by atomic mass is 15.1. The van der Waals surface area contributed by atoms with E-state index in [9.17, 15) is 0 Å². The van der Waals surface area contributed by atoms with Gasteiger partial charge >= 0.3 is 0 Å². The summed E-state index contributed by atoms with van der Waals surface area (Å²) in [5.41, 5.74) is 0.577. The van der Waals surface area contributed by atoms with Crippen LogP contribution in [0.2, 0.25) is 0 Å². The summed E-state index contributed by atoms with van der Waals surface area (Å²) in [6.45, 7) is 1.18. The van der Waals surface area contributed by atoms with E-state index in [1.165, 1.54) is 32.2 Å². The largest absolute Gasteiger partial charge is 0.316 e. The zero-order valence-electron chi connectivity index (χ0n) is 6.61. The van der Waals surface area contributed by atoms with Gasteiger partial charge in [0.1, 0.15) is 0 Å². The molecule has 2 heteroatoms. The van der Waals surface area contributed by atoms with E-state index in [-0.39, 0.29) is 0 Å². The van der Waals surface area contributed by atoms with Crippen molar-refractivity contribution in [3.8, 4) is 0 Å². The van der Waals surface area contributed by atoms with Crippen LogP contribution in [0.15, 0.2) is 0 Å². The van der Waals surface area contributed by atoms with Crippen LogP contribution >= 0.6 is 0 Å². The van der Waals surface area contributed by atoms with Crippen molar-refractivity contribution < 1.29 is 0 Å². The number of rotatable bonds is 1. The molecular weight excluding hydrogens is 124 g/mol. The Morgan fingerprint density at radius 3 is 2.60 bits per heavy atom. The van der Waals surface area contributed by atoms with Crippen molar-refractivity contribution in [2.75, 3.05) is 13.6 Å². The molecule has 1 unspecified atom stereocenters. The highest BCUT2D eigenvalue weighted by molar-refractivity contribution is 5.04. The molecule has 0 radical (unpaired) electrons. The second-order valence-electron chi connectivity index (χ2n) is 3.70. The van der Waals surface area contributed by atoms with Crippen LogP contribution in [0.3, 0.4) is 0 Å². The van der Waals surface area contributed by atoms with Gasteiger partial charge in [-0.05, 0) is 32.7 Å². The molecule has 0 bridgehead atoms. The van der Waals surface area contributed by atoms with E-state index in [4.69, 9.17) is 0 Å². The Balaban J connectivity index is 1.92. The second-order valence-corrected chi connectivity index (χ2v) is 3.70. The lowest BCUT2D eigenvalue weighted by Gasteiger charge is -2.38. The van der Waals surface area contributed by atoms with E-state index in [1.807, 2.05) is 0 Å². The lowest BCUT2D eigenvalue weighted by molar-refractivity contribution is 0.213. The fraction of sp³-hybridized carbons (Fsp3) is 1.00. The molecule has 0 aromatic rings. The molecule has 1 aliphatic heterocycles. The predicted molar refractivity (Wildman–Crippen MR) is 42.0 cm³/mol. The van der Waals surface area contributed by atoms with E-state index in [0.717, 1.165) is 6.04 Å². The van der Waals surface area contributed by atoms with Crippen LogP contribution in [0.25, 0.3) is 0 Å². The van der Waals surface area contributed by atoms with Crippen LogP contribution in [-0.4, -0.2) is 25.2 Å². The topological polar surface area (TPSA) is 24.1 Å². The fourth-order valence-electron chi connectivity index (χ4n) is 2.14. The van der Waals surface area contributed by atoms with Gasteiger partial charge in [-0.15, -0.1) is 0 Å².